The fourth-order valence-corrected chi connectivity index (χ4v) is 2.90. The van der Waals surface area contributed by atoms with Crippen molar-refractivity contribution in [3.63, 3.8) is 0 Å². The van der Waals surface area contributed by atoms with Crippen molar-refractivity contribution in [3.05, 3.63) is 71.9 Å². The van der Waals surface area contributed by atoms with Gasteiger partial charge in [-0.05, 0) is 38.1 Å². The summed E-state index contributed by atoms with van der Waals surface area (Å²) in [6.07, 6.45) is 1.05. The second kappa shape index (κ2) is 7.45. The van der Waals surface area contributed by atoms with Crippen LogP contribution in [0.25, 0.3) is 10.9 Å². The predicted molar refractivity (Wildman–Crippen MR) is 101 cm³/mol. The molecule has 0 saturated carbocycles. The summed E-state index contributed by atoms with van der Waals surface area (Å²) in [5.74, 6) is 0. The van der Waals surface area contributed by atoms with E-state index in [2.05, 4.69) is 96.9 Å². The van der Waals surface area contributed by atoms with Gasteiger partial charge in [0.15, 0.2) is 12.2 Å². The summed E-state index contributed by atoms with van der Waals surface area (Å²) in [6, 6.07) is 21.8. The summed E-state index contributed by atoms with van der Waals surface area (Å²) in [7, 11) is 0. The van der Waals surface area contributed by atoms with Gasteiger partial charge in [-0.15, -0.1) is 0 Å². The van der Waals surface area contributed by atoms with Crippen molar-refractivity contribution in [2.75, 3.05) is 5.43 Å². The van der Waals surface area contributed by atoms with Gasteiger partial charge >= 0.3 is 0 Å². The van der Waals surface area contributed by atoms with E-state index < -0.39 is 0 Å². The molecule has 1 aromatic heterocycles. The van der Waals surface area contributed by atoms with E-state index in [1.165, 1.54) is 22.2 Å². The van der Waals surface area contributed by atoms with E-state index >= 15 is 0 Å². The zero-order chi connectivity index (χ0) is 16.9. The molecule has 3 rings (SSSR count). The Labute approximate surface area is 144 Å². The van der Waals surface area contributed by atoms with Crippen LogP contribution in [0, 0.1) is 13.8 Å². The monoisotopic (exact) mass is 320 g/mol. The quantitative estimate of drug-likeness (QED) is 0.528. The number of anilines is 1. The molecule has 0 aliphatic carbocycles. The van der Waals surface area contributed by atoms with Gasteiger partial charge in [0, 0.05) is 42.6 Å². The van der Waals surface area contributed by atoms with E-state index in [4.69, 9.17) is 0 Å². The van der Waals surface area contributed by atoms with Crippen molar-refractivity contribution in [2.45, 2.75) is 39.8 Å². The summed E-state index contributed by atoms with van der Waals surface area (Å²) >= 11 is 0. The molecule has 1 unspecified atom stereocenters. The Bertz CT molecular complexity index is 809. The molecule has 0 spiro atoms. The SMILES string of the molecule is Cc1ccc(NNC(C)CC[n+]2c(C)ccc3ccccc32)cc1. The zero-order valence-electron chi connectivity index (χ0n) is 14.7. The highest BCUT2D eigenvalue weighted by Crippen LogP contribution is 2.11. The molecule has 2 aromatic carbocycles. The summed E-state index contributed by atoms with van der Waals surface area (Å²) in [4.78, 5) is 0. The van der Waals surface area contributed by atoms with Crippen LogP contribution in [0.5, 0.6) is 0 Å². The number of hydrogen-bond donors (Lipinski definition) is 2. The molecule has 1 atom stereocenters. The fourth-order valence-electron chi connectivity index (χ4n) is 2.90. The lowest BCUT2D eigenvalue weighted by Gasteiger charge is -2.15. The number of para-hydroxylation sites is 1. The number of fused-ring (bicyclic) bond motifs is 1. The molecule has 3 aromatic rings. The van der Waals surface area contributed by atoms with Crippen LogP contribution in [-0.4, -0.2) is 6.04 Å². The first-order valence-electron chi connectivity index (χ1n) is 8.60. The van der Waals surface area contributed by atoms with E-state index in [1.807, 2.05) is 0 Å². The average molecular weight is 320 g/mol. The third-order valence-corrected chi connectivity index (χ3v) is 4.46. The minimum absolute atomic E-state index is 0.372. The lowest BCUT2D eigenvalue weighted by molar-refractivity contribution is -0.678. The van der Waals surface area contributed by atoms with Gasteiger partial charge in [0.25, 0.3) is 0 Å². The van der Waals surface area contributed by atoms with Gasteiger partial charge in [-0.1, -0.05) is 29.8 Å². The zero-order valence-corrected chi connectivity index (χ0v) is 14.7. The predicted octanol–water partition coefficient (Wildman–Crippen LogP) is 4.14. The number of pyridine rings is 1. The summed E-state index contributed by atoms with van der Waals surface area (Å²) < 4.78 is 2.40. The largest absolute Gasteiger partial charge is 0.321 e. The first-order valence-corrected chi connectivity index (χ1v) is 8.60. The van der Waals surface area contributed by atoms with Crippen molar-refractivity contribution in [1.29, 1.82) is 0 Å². The minimum atomic E-state index is 0.372. The smallest absolute Gasteiger partial charge is 0.212 e. The molecule has 0 saturated heterocycles. The Kier molecular flexibility index (Phi) is 5.11. The number of hydrazine groups is 1. The number of nitrogens with zero attached hydrogens (tertiary/aromatic N) is 1. The van der Waals surface area contributed by atoms with Crippen LogP contribution in [0.15, 0.2) is 60.7 Å². The van der Waals surface area contributed by atoms with Gasteiger partial charge in [-0.2, -0.15) is 4.57 Å². The molecule has 1 heterocycles. The van der Waals surface area contributed by atoms with Crippen LogP contribution in [0.4, 0.5) is 5.69 Å². The Balaban J connectivity index is 1.61. The average Bonchev–Trinajstić information content (AvgIpc) is 2.60. The first-order chi connectivity index (χ1) is 11.6. The standard InChI is InChI=1S/C21H26N3/c1-16-8-12-20(13-9-16)23-22-17(2)14-15-24-18(3)10-11-19-6-4-5-7-21(19)24/h4-13,17,22-23H,14-15H2,1-3H3/q+1. The lowest BCUT2D eigenvalue weighted by atomic mass is 10.1. The number of aromatic nitrogens is 1. The van der Waals surface area contributed by atoms with Crippen molar-refractivity contribution in [2.24, 2.45) is 0 Å². The Hall–Kier alpha value is -2.39. The summed E-state index contributed by atoms with van der Waals surface area (Å²) in [6.45, 7) is 7.48. The van der Waals surface area contributed by atoms with Gasteiger partial charge in [0.05, 0.1) is 0 Å². The second-order valence-electron chi connectivity index (χ2n) is 6.51. The fraction of sp³-hybridized carbons (Fsp3) is 0.286. The van der Waals surface area contributed by atoms with Crippen LogP contribution in [-0.2, 0) is 6.54 Å². The van der Waals surface area contributed by atoms with Crippen molar-refractivity contribution >= 4 is 16.6 Å². The lowest BCUT2D eigenvalue weighted by Crippen LogP contribution is -2.42. The molecule has 0 radical (unpaired) electrons. The van der Waals surface area contributed by atoms with Gasteiger partial charge in [-0.3, -0.25) is 0 Å². The van der Waals surface area contributed by atoms with Crippen molar-refractivity contribution < 1.29 is 4.57 Å². The van der Waals surface area contributed by atoms with E-state index in [0.29, 0.717) is 6.04 Å². The topological polar surface area (TPSA) is 27.9 Å². The van der Waals surface area contributed by atoms with Crippen LogP contribution in [0.3, 0.4) is 0 Å². The molecular formula is C21H26N3+. The maximum absolute atomic E-state index is 3.39. The second-order valence-corrected chi connectivity index (χ2v) is 6.51. The molecule has 2 N–H and O–H groups in total. The molecule has 0 amide bonds. The first kappa shape index (κ1) is 16.5. The molecule has 124 valence electrons. The summed E-state index contributed by atoms with van der Waals surface area (Å²) in [5.41, 5.74) is 11.7. The van der Waals surface area contributed by atoms with E-state index in [9.17, 15) is 0 Å². The minimum Gasteiger partial charge on any atom is -0.321 e. The number of rotatable bonds is 6. The number of benzene rings is 2. The number of aryl methyl sites for hydroxylation is 3. The molecule has 0 bridgehead atoms. The Morgan fingerprint density at radius 1 is 0.917 bits per heavy atom. The Morgan fingerprint density at radius 2 is 1.67 bits per heavy atom. The summed E-state index contributed by atoms with van der Waals surface area (Å²) in [5, 5.41) is 1.29. The normalized spacial score (nSPS) is 12.3. The van der Waals surface area contributed by atoms with E-state index in [0.717, 1.165) is 18.7 Å². The van der Waals surface area contributed by atoms with E-state index in [1.54, 1.807) is 0 Å². The Morgan fingerprint density at radius 3 is 2.46 bits per heavy atom. The number of nitrogens with one attached hydrogen (secondary N) is 2. The maximum atomic E-state index is 3.39. The van der Waals surface area contributed by atoms with Crippen LogP contribution in [0.2, 0.25) is 0 Å². The van der Waals surface area contributed by atoms with Gasteiger partial charge < -0.3 is 5.43 Å². The highest BCUT2D eigenvalue weighted by Gasteiger charge is 2.13. The molecule has 3 heteroatoms. The van der Waals surface area contributed by atoms with Gasteiger partial charge in [0.2, 0.25) is 5.52 Å². The van der Waals surface area contributed by atoms with Crippen molar-refractivity contribution in [1.82, 2.24) is 5.43 Å². The van der Waals surface area contributed by atoms with Gasteiger partial charge in [-0.25, -0.2) is 5.43 Å². The maximum Gasteiger partial charge on any atom is 0.212 e. The highest BCUT2D eigenvalue weighted by molar-refractivity contribution is 5.75. The molecule has 0 fully saturated rings. The molecule has 0 aliphatic rings. The third kappa shape index (κ3) is 3.92. The van der Waals surface area contributed by atoms with Crippen LogP contribution >= 0.6 is 0 Å². The molecular weight excluding hydrogens is 294 g/mol. The van der Waals surface area contributed by atoms with Crippen molar-refractivity contribution in [3.8, 4) is 0 Å². The molecule has 0 aliphatic heterocycles. The molecule has 24 heavy (non-hydrogen) atoms. The molecule has 3 nitrogen and oxygen atoms in total. The third-order valence-electron chi connectivity index (χ3n) is 4.46. The number of hydrogen-bond acceptors (Lipinski definition) is 2. The van der Waals surface area contributed by atoms with Gasteiger partial charge in [0.1, 0.15) is 0 Å². The highest BCUT2D eigenvalue weighted by atomic mass is 15.4. The van der Waals surface area contributed by atoms with E-state index in [-0.39, 0.29) is 0 Å². The van der Waals surface area contributed by atoms with Crippen LogP contribution < -0.4 is 15.4 Å². The van der Waals surface area contributed by atoms with Crippen LogP contribution in [0.1, 0.15) is 24.6 Å².